The number of hydrogen-bond acceptors (Lipinski definition) is 6. The van der Waals surface area contributed by atoms with Crippen LogP contribution >= 0.6 is 0 Å². The van der Waals surface area contributed by atoms with Crippen LogP contribution in [0.15, 0.2) is 55.1 Å². The van der Waals surface area contributed by atoms with E-state index < -0.39 is 11.7 Å². The van der Waals surface area contributed by atoms with E-state index in [1.54, 1.807) is 30.9 Å². The number of anilines is 1. The fourth-order valence-electron chi connectivity index (χ4n) is 3.55. The van der Waals surface area contributed by atoms with Gasteiger partial charge in [-0.05, 0) is 36.3 Å². The number of aldehydes is 1. The van der Waals surface area contributed by atoms with Crippen molar-refractivity contribution in [2.24, 2.45) is 0 Å². The number of alkyl halides is 3. The summed E-state index contributed by atoms with van der Waals surface area (Å²) < 4.78 is 40.1. The summed E-state index contributed by atoms with van der Waals surface area (Å²) in [5.41, 5.74) is 1.01. The lowest BCUT2D eigenvalue weighted by Gasteiger charge is -2.35. The standard InChI is InChI=1S/C23H18F3N5O/c24-23(25,26)20-12-19(6-4-17(20)15-32)31-11-10-29-21(14-31)22-16(2-1-7-30-22)3-5-18-13-27-8-9-28-18/h1-2,4,6-9,12-13,15,21,29H,10-11,14H2. The number of nitrogens with one attached hydrogen (secondary N) is 1. The summed E-state index contributed by atoms with van der Waals surface area (Å²) in [6.07, 6.45) is 1.95. The average molecular weight is 437 g/mol. The Balaban J connectivity index is 1.61. The zero-order valence-electron chi connectivity index (χ0n) is 16.8. The van der Waals surface area contributed by atoms with Crippen LogP contribution in [-0.2, 0) is 6.18 Å². The van der Waals surface area contributed by atoms with E-state index in [1.165, 1.54) is 12.1 Å². The third kappa shape index (κ3) is 4.76. The number of hydrogen-bond donors (Lipinski definition) is 1. The Hall–Kier alpha value is -3.77. The maximum absolute atomic E-state index is 13.4. The van der Waals surface area contributed by atoms with E-state index in [4.69, 9.17) is 0 Å². The number of aromatic nitrogens is 3. The maximum atomic E-state index is 13.4. The van der Waals surface area contributed by atoms with Crippen LogP contribution in [0, 0.1) is 11.8 Å². The summed E-state index contributed by atoms with van der Waals surface area (Å²) in [5.74, 6) is 6.02. The highest BCUT2D eigenvalue weighted by molar-refractivity contribution is 5.79. The first-order chi connectivity index (χ1) is 15.5. The highest BCUT2D eigenvalue weighted by Crippen LogP contribution is 2.35. The van der Waals surface area contributed by atoms with Gasteiger partial charge in [0.1, 0.15) is 5.69 Å². The lowest BCUT2D eigenvalue weighted by atomic mass is 10.0. The van der Waals surface area contributed by atoms with Crippen molar-refractivity contribution in [1.29, 1.82) is 0 Å². The third-order valence-electron chi connectivity index (χ3n) is 5.07. The summed E-state index contributed by atoms with van der Waals surface area (Å²) >= 11 is 0. The van der Waals surface area contributed by atoms with E-state index in [9.17, 15) is 18.0 Å². The lowest BCUT2D eigenvalue weighted by Crippen LogP contribution is -2.46. The second-order valence-corrected chi connectivity index (χ2v) is 7.12. The highest BCUT2D eigenvalue weighted by Gasteiger charge is 2.34. The molecule has 1 N–H and O–H groups in total. The zero-order chi connectivity index (χ0) is 22.6. The first-order valence-electron chi connectivity index (χ1n) is 9.83. The third-order valence-corrected chi connectivity index (χ3v) is 5.07. The molecule has 3 heterocycles. The number of nitrogens with zero attached hydrogens (tertiary/aromatic N) is 4. The molecule has 0 saturated carbocycles. The van der Waals surface area contributed by atoms with Gasteiger partial charge >= 0.3 is 6.18 Å². The van der Waals surface area contributed by atoms with Gasteiger partial charge in [0.15, 0.2) is 6.29 Å². The SMILES string of the molecule is O=Cc1ccc(N2CCNC(c3ncccc3C#Cc3cnccn3)C2)cc1C(F)(F)F. The van der Waals surface area contributed by atoms with Crippen molar-refractivity contribution in [3.63, 3.8) is 0 Å². The van der Waals surface area contributed by atoms with Gasteiger partial charge in [-0.3, -0.25) is 14.8 Å². The van der Waals surface area contributed by atoms with Gasteiger partial charge < -0.3 is 10.2 Å². The topological polar surface area (TPSA) is 71.0 Å². The minimum Gasteiger partial charge on any atom is -0.368 e. The largest absolute Gasteiger partial charge is 0.417 e. The molecule has 1 unspecified atom stereocenters. The summed E-state index contributed by atoms with van der Waals surface area (Å²) in [5, 5.41) is 3.36. The van der Waals surface area contributed by atoms with Gasteiger partial charge in [-0.1, -0.05) is 5.92 Å². The van der Waals surface area contributed by atoms with Gasteiger partial charge in [0.05, 0.1) is 23.5 Å². The van der Waals surface area contributed by atoms with Crippen LogP contribution < -0.4 is 10.2 Å². The summed E-state index contributed by atoms with van der Waals surface area (Å²) in [6.45, 7) is 1.46. The molecular weight excluding hydrogens is 419 g/mol. The van der Waals surface area contributed by atoms with Gasteiger partial charge in [0.2, 0.25) is 0 Å². The van der Waals surface area contributed by atoms with Crippen molar-refractivity contribution < 1.29 is 18.0 Å². The molecule has 0 aliphatic carbocycles. The van der Waals surface area contributed by atoms with Crippen molar-refractivity contribution in [3.05, 3.63) is 83.2 Å². The lowest BCUT2D eigenvalue weighted by molar-refractivity contribution is -0.137. The minimum atomic E-state index is -4.61. The minimum absolute atomic E-state index is 0.225. The normalized spacial score (nSPS) is 16.2. The van der Waals surface area contributed by atoms with E-state index in [1.807, 2.05) is 11.0 Å². The van der Waals surface area contributed by atoms with Crippen molar-refractivity contribution in [1.82, 2.24) is 20.3 Å². The molecule has 1 fully saturated rings. The molecule has 1 saturated heterocycles. The number of carbonyl (C=O) groups excluding carboxylic acids is 1. The summed E-state index contributed by atoms with van der Waals surface area (Å²) in [6, 6.07) is 7.15. The number of halogens is 3. The molecule has 1 aromatic carbocycles. The van der Waals surface area contributed by atoms with Crippen LogP contribution in [0.5, 0.6) is 0 Å². The van der Waals surface area contributed by atoms with Gasteiger partial charge in [-0.2, -0.15) is 13.2 Å². The quantitative estimate of drug-likeness (QED) is 0.501. The molecule has 0 spiro atoms. The predicted molar refractivity (Wildman–Crippen MR) is 112 cm³/mol. The van der Waals surface area contributed by atoms with Crippen molar-refractivity contribution >= 4 is 12.0 Å². The summed E-state index contributed by atoms with van der Waals surface area (Å²) in [4.78, 5) is 25.5. The average Bonchev–Trinajstić information content (AvgIpc) is 2.83. The van der Waals surface area contributed by atoms with E-state index >= 15 is 0 Å². The Morgan fingerprint density at radius 2 is 2.00 bits per heavy atom. The molecular formula is C23H18F3N5O. The Bertz CT molecular complexity index is 1170. The number of piperazine rings is 1. The Morgan fingerprint density at radius 3 is 2.75 bits per heavy atom. The Kier molecular flexibility index (Phi) is 6.14. The molecule has 4 rings (SSSR count). The fraction of sp³-hybridized carbons (Fsp3) is 0.217. The number of carbonyl (C=O) groups is 1. The molecule has 2 aromatic heterocycles. The van der Waals surface area contributed by atoms with Crippen LogP contribution in [-0.4, -0.2) is 40.9 Å². The van der Waals surface area contributed by atoms with Crippen molar-refractivity contribution in [3.8, 4) is 11.8 Å². The van der Waals surface area contributed by atoms with E-state index in [2.05, 4.69) is 32.1 Å². The van der Waals surface area contributed by atoms with Crippen LogP contribution in [0.2, 0.25) is 0 Å². The molecule has 0 radical (unpaired) electrons. The smallest absolute Gasteiger partial charge is 0.368 e. The number of pyridine rings is 1. The molecule has 0 bridgehead atoms. The first kappa shape index (κ1) is 21.5. The molecule has 3 aromatic rings. The molecule has 32 heavy (non-hydrogen) atoms. The van der Waals surface area contributed by atoms with E-state index in [0.29, 0.717) is 42.3 Å². The van der Waals surface area contributed by atoms with Crippen LogP contribution in [0.4, 0.5) is 18.9 Å². The van der Waals surface area contributed by atoms with Crippen LogP contribution in [0.1, 0.15) is 38.9 Å². The second kappa shape index (κ2) is 9.16. The van der Waals surface area contributed by atoms with Crippen LogP contribution in [0.3, 0.4) is 0 Å². The molecule has 1 atom stereocenters. The predicted octanol–water partition coefficient (Wildman–Crippen LogP) is 3.25. The Morgan fingerprint density at radius 1 is 1.12 bits per heavy atom. The second-order valence-electron chi connectivity index (χ2n) is 7.12. The Labute approximate surface area is 182 Å². The molecule has 6 nitrogen and oxygen atoms in total. The van der Waals surface area contributed by atoms with Crippen LogP contribution in [0.25, 0.3) is 0 Å². The zero-order valence-corrected chi connectivity index (χ0v) is 16.8. The fourth-order valence-corrected chi connectivity index (χ4v) is 3.55. The highest BCUT2D eigenvalue weighted by atomic mass is 19.4. The first-order valence-corrected chi connectivity index (χ1v) is 9.83. The number of benzene rings is 1. The summed E-state index contributed by atoms with van der Waals surface area (Å²) in [7, 11) is 0. The van der Waals surface area contributed by atoms with Gasteiger partial charge in [0, 0.05) is 55.0 Å². The van der Waals surface area contributed by atoms with Gasteiger partial charge in [0.25, 0.3) is 0 Å². The van der Waals surface area contributed by atoms with Gasteiger partial charge in [-0.15, -0.1) is 0 Å². The van der Waals surface area contributed by atoms with E-state index in [0.717, 1.165) is 6.07 Å². The van der Waals surface area contributed by atoms with Crippen molar-refractivity contribution in [2.75, 3.05) is 24.5 Å². The molecule has 0 amide bonds. The monoisotopic (exact) mass is 437 g/mol. The van der Waals surface area contributed by atoms with Crippen molar-refractivity contribution in [2.45, 2.75) is 12.2 Å². The molecule has 1 aliphatic rings. The van der Waals surface area contributed by atoms with Gasteiger partial charge in [-0.25, -0.2) is 4.98 Å². The maximum Gasteiger partial charge on any atom is 0.417 e. The molecule has 9 heteroatoms. The number of rotatable bonds is 3. The molecule has 162 valence electrons. The molecule has 1 aliphatic heterocycles. The van der Waals surface area contributed by atoms with E-state index in [-0.39, 0.29) is 17.9 Å².